The number of aromatic nitrogens is 2. The van der Waals surface area contributed by atoms with Gasteiger partial charge in [-0.15, -0.1) is 0 Å². The van der Waals surface area contributed by atoms with Crippen LogP contribution in [-0.2, 0) is 22.5 Å². The summed E-state index contributed by atoms with van der Waals surface area (Å²) >= 11 is 0. The van der Waals surface area contributed by atoms with Crippen LogP contribution in [0.15, 0.2) is 47.3 Å². The minimum Gasteiger partial charge on any atom is -0.452 e. The maximum Gasteiger partial charge on any atom is 0.338 e. The summed E-state index contributed by atoms with van der Waals surface area (Å²) in [5, 5.41) is 3.18. The predicted octanol–water partition coefficient (Wildman–Crippen LogP) is 3.26. The molecule has 7 nitrogen and oxygen atoms in total. The second-order valence-corrected chi connectivity index (χ2v) is 7.72. The van der Waals surface area contributed by atoms with Crippen molar-refractivity contribution in [1.82, 2.24) is 9.55 Å². The molecule has 0 spiro atoms. The van der Waals surface area contributed by atoms with Gasteiger partial charge in [-0.1, -0.05) is 26.0 Å². The van der Waals surface area contributed by atoms with Gasteiger partial charge in [0.1, 0.15) is 5.82 Å². The number of carbonyl (C=O) groups is 2. The van der Waals surface area contributed by atoms with E-state index >= 15 is 0 Å². The Hall–Kier alpha value is -3.48. The lowest BCUT2D eigenvalue weighted by Crippen LogP contribution is -2.22. The zero-order valence-electron chi connectivity index (χ0n) is 17.0. The highest BCUT2D eigenvalue weighted by atomic mass is 16.5. The van der Waals surface area contributed by atoms with Gasteiger partial charge in [-0.2, -0.15) is 0 Å². The molecule has 1 N–H and O–H groups in total. The Labute approximate surface area is 173 Å². The van der Waals surface area contributed by atoms with Gasteiger partial charge < -0.3 is 10.1 Å². The second kappa shape index (κ2) is 8.10. The Bertz CT molecular complexity index is 1180. The molecular formula is C23H23N3O4. The van der Waals surface area contributed by atoms with E-state index in [1.54, 1.807) is 16.7 Å². The van der Waals surface area contributed by atoms with Gasteiger partial charge in [0.2, 0.25) is 0 Å². The minimum absolute atomic E-state index is 0.0877. The van der Waals surface area contributed by atoms with Crippen molar-refractivity contribution < 1.29 is 14.3 Å². The summed E-state index contributed by atoms with van der Waals surface area (Å²) in [5.74, 6) is 0.0885. The first-order chi connectivity index (χ1) is 14.4. The molecule has 2 heterocycles. The summed E-state index contributed by atoms with van der Waals surface area (Å²) in [6.07, 6.45) is 1.64. The predicted molar refractivity (Wildman–Crippen MR) is 114 cm³/mol. The van der Waals surface area contributed by atoms with Crippen molar-refractivity contribution in [3.63, 3.8) is 0 Å². The van der Waals surface area contributed by atoms with Crippen LogP contribution < -0.4 is 10.9 Å². The zero-order chi connectivity index (χ0) is 21.3. The van der Waals surface area contributed by atoms with Crippen LogP contribution in [0.2, 0.25) is 0 Å². The fourth-order valence-electron chi connectivity index (χ4n) is 3.57. The SMILES string of the molecule is CC(C)c1ccc(NC(=O)COC(=O)c2ccc3c(=O)n4c(nc3c2)CCC4)cc1. The fraction of sp³-hybridized carbons (Fsp3) is 0.304. The molecule has 154 valence electrons. The summed E-state index contributed by atoms with van der Waals surface area (Å²) in [6.45, 7) is 4.47. The topological polar surface area (TPSA) is 90.3 Å². The van der Waals surface area contributed by atoms with Crippen LogP contribution in [0.25, 0.3) is 10.9 Å². The monoisotopic (exact) mass is 405 g/mol. The number of ether oxygens (including phenoxy) is 1. The van der Waals surface area contributed by atoms with Gasteiger partial charge in [-0.25, -0.2) is 9.78 Å². The summed E-state index contributed by atoms with van der Waals surface area (Å²) in [6, 6.07) is 12.2. The molecule has 1 amide bonds. The molecule has 30 heavy (non-hydrogen) atoms. The largest absolute Gasteiger partial charge is 0.452 e. The molecule has 1 aromatic heterocycles. The van der Waals surface area contributed by atoms with E-state index in [1.165, 1.54) is 11.6 Å². The molecule has 0 atom stereocenters. The van der Waals surface area contributed by atoms with E-state index < -0.39 is 18.5 Å². The maximum atomic E-state index is 12.5. The van der Waals surface area contributed by atoms with Crippen LogP contribution in [0.1, 0.15) is 47.9 Å². The number of fused-ring (bicyclic) bond motifs is 2. The van der Waals surface area contributed by atoms with Crippen LogP contribution in [0.5, 0.6) is 0 Å². The van der Waals surface area contributed by atoms with Crippen molar-refractivity contribution in [3.8, 4) is 0 Å². The summed E-state index contributed by atoms with van der Waals surface area (Å²) < 4.78 is 6.81. The molecule has 4 rings (SSSR count). The average Bonchev–Trinajstić information content (AvgIpc) is 3.21. The molecule has 0 fully saturated rings. The van der Waals surface area contributed by atoms with Crippen LogP contribution in [-0.4, -0.2) is 28.0 Å². The second-order valence-electron chi connectivity index (χ2n) is 7.72. The van der Waals surface area contributed by atoms with Gasteiger partial charge in [-0.3, -0.25) is 14.2 Å². The number of nitrogens with one attached hydrogen (secondary N) is 1. The van der Waals surface area contributed by atoms with Gasteiger partial charge in [0, 0.05) is 18.7 Å². The Morgan fingerprint density at radius 1 is 1.17 bits per heavy atom. The highest BCUT2D eigenvalue weighted by molar-refractivity contribution is 5.97. The van der Waals surface area contributed by atoms with E-state index in [0.29, 0.717) is 29.1 Å². The summed E-state index contributed by atoms with van der Waals surface area (Å²) in [5.41, 5.74) is 2.46. The number of rotatable bonds is 5. The lowest BCUT2D eigenvalue weighted by molar-refractivity contribution is -0.119. The molecule has 0 unspecified atom stereocenters. The number of hydrogen-bond donors (Lipinski definition) is 1. The van der Waals surface area contributed by atoms with Crippen LogP contribution >= 0.6 is 0 Å². The minimum atomic E-state index is -0.635. The summed E-state index contributed by atoms with van der Waals surface area (Å²) in [4.78, 5) is 41.5. The Morgan fingerprint density at radius 2 is 1.93 bits per heavy atom. The van der Waals surface area contributed by atoms with Crippen molar-refractivity contribution >= 4 is 28.5 Å². The van der Waals surface area contributed by atoms with Crippen LogP contribution in [0.3, 0.4) is 0 Å². The van der Waals surface area contributed by atoms with E-state index in [-0.39, 0.29) is 11.1 Å². The van der Waals surface area contributed by atoms with E-state index in [2.05, 4.69) is 24.1 Å². The third-order valence-corrected chi connectivity index (χ3v) is 5.25. The molecule has 0 saturated heterocycles. The van der Waals surface area contributed by atoms with Gasteiger partial charge in [0.05, 0.1) is 16.5 Å². The number of carbonyl (C=O) groups excluding carboxylic acids is 2. The molecule has 0 saturated carbocycles. The number of nitrogens with zero attached hydrogens (tertiary/aromatic N) is 2. The molecule has 0 radical (unpaired) electrons. The number of hydrogen-bond acceptors (Lipinski definition) is 5. The molecule has 0 bridgehead atoms. The standard InChI is InChI=1S/C23H23N3O4/c1-14(2)15-5-8-17(9-6-15)24-21(27)13-30-23(29)16-7-10-18-19(12-16)25-20-4-3-11-26(20)22(18)28/h5-10,12,14H,3-4,11,13H2,1-2H3,(H,24,27). The smallest absolute Gasteiger partial charge is 0.338 e. The van der Waals surface area contributed by atoms with Crippen LogP contribution in [0.4, 0.5) is 5.69 Å². The van der Waals surface area contributed by atoms with E-state index in [9.17, 15) is 14.4 Å². The Balaban J connectivity index is 1.41. The first-order valence-electron chi connectivity index (χ1n) is 10.0. The molecule has 2 aromatic carbocycles. The molecule has 7 heteroatoms. The maximum absolute atomic E-state index is 12.5. The number of esters is 1. The fourth-order valence-corrected chi connectivity index (χ4v) is 3.57. The van der Waals surface area contributed by atoms with Crippen molar-refractivity contribution in [2.45, 2.75) is 39.2 Å². The van der Waals surface area contributed by atoms with Crippen molar-refractivity contribution in [1.29, 1.82) is 0 Å². The number of anilines is 1. The molecular weight excluding hydrogens is 382 g/mol. The lowest BCUT2D eigenvalue weighted by Gasteiger charge is -2.09. The molecule has 0 aliphatic carbocycles. The van der Waals surface area contributed by atoms with Gasteiger partial charge in [0.15, 0.2) is 6.61 Å². The van der Waals surface area contributed by atoms with E-state index in [1.807, 2.05) is 24.3 Å². The van der Waals surface area contributed by atoms with Crippen molar-refractivity contribution in [2.24, 2.45) is 0 Å². The molecule has 1 aliphatic rings. The van der Waals surface area contributed by atoms with Gasteiger partial charge in [0.25, 0.3) is 11.5 Å². The average molecular weight is 405 g/mol. The van der Waals surface area contributed by atoms with Crippen LogP contribution in [0, 0.1) is 0 Å². The number of amides is 1. The normalized spacial score (nSPS) is 12.8. The number of benzene rings is 2. The van der Waals surface area contributed by atoms with E-state index in [0.717, 1.165) is 18.7 Å². The quantitative estimate of drug-likeness (QED) is 0.658. The third-order valence-electron chi connectivity index (χ3n) is 5.25. The third kappa shape index (κ3) is 3.96. The number of aryl methyl sites for hydroxylation is 1. The van der Waals surface area contributed by atoms with Crippen molar-refractivity contribution in [2.75, 3.05) is 11.9 Å². The lowest BCUT2D eigenvalue weighted by atomic mass is 10.0. The first-order valence-corrected chi connectivity index (χ1v) is 10.0. The highest BCUT2D eigenvalue weighted by Crippen LogP contribution is 2.18. The van der Waals surface area contributed by atoms with Crippen molar-refractivity contribution in [3.05, 3.63) is 69.8 Å². The Kier molecular flexibility index (Phi) is 5.35. The molecule has 1 aliphatic heterocycles. The summed E-state index contributed by atoms with van der Waals surface area (Å²) in [7, 11) is 0. The van der Waals surface area contributed by atoms with Gasteiger partial charge in [-0.05, 0) is 48.2 Å². The molecule has 3 aromatic rings. The Morgan fingerprint density at radius 3 is 2.67 bits per heavy atom. The van der Waals surface area contributed by atoms with E-state index in [4.69, 9.17) is 4.74 Å². The van der Waals surface area contributed by atoms with Gasteiger partial charge >= 0.3 is 5.97 Å². The zero-order valence-corrected chi connectivity index (χ0v) is 17.0. The first kappa shape index (κ1) is 19.8. The highest BCUT2D eigenvalue weighted by Gasteiger charge is 2.18.